The van der Waals surface area contributed by atoms with Gasteiger partial charge in [0.25, 0.3) is 0 Å². The Bertz CT molecular complexity index is 420. The third kappa shape index (κ3) is 3.00. The van der Waals surface area contributed by atoms with Crippen LogP contribution in [0.2, 0.25) is 0 Å². The zero-order valence-corrected chi connectivity index (χ0v) is 10.8. The monoisotopic (exact) mass is 248 g/mol. The summed E-state index contributed by atoms with van der Waals surface area (Å²) in [6, 6.07) is 5.21. The number of nitrogens with zero attached hydrogens (tertiary/aromatic N) is 2. The van der Waals surface area contributed by atoms with Crippen LogP contribution < -0.4 is 4.90 Å². The topological polar surface area (TPSA) is 53.4 Å². The average Bonchev–Trinajstić information content (AvgIpc) is 2.64. The average molecular weight is 248 g/mol. The second-order valence-corrected chi connectivity index (χ2v) is 4.88. The molecule has 0 amide bonds. The van der Waals surface area contributed by atoms with Crippen molar-refractivity contribution >= 4 is 11.8 Å². The fourth-order valence-corrected chi connectivity index (χ4v) is 2.52. The van der Waals surface area contributed by atoms with Crippen molar-refractivity contribution in [3.63, 3.8) is 0 Å². The van der Waals surface area contributed by atoms with Crippen molar-refractivity contribution in [2.45, 2.75) is 32.6 Å². The van der Waals surface area contributed by atoms with Crippen LogP contribution in [-0.4, -0.2) is 29.1 Å². The number of carboxylic acids is 1. The Kier molecular flexibility index (Phi) is 4.18. The first-order valence-corrected chi connectivity index (χ1v) is 6.66. The van der Waals surface area contributed by atoms with Crippen LogP contribution in [0, 0.1) is 5.92 Å². The predicted octanol–water partition coefficient (Wildman–Crippen LogP) is 2.80. The molecule has 1 atom stereocenters. The van der Waals surface area contributed by atoms with Crippen molar-refractivity contribution in [2.24, 2.45) is 5.92 Å². The van der Waals surface area contributed by atoms with E-state index >= 15 is 0 Å². The van der Waals surface area contributed by atoms with Crippen LogP contribution in [0.5, 0.6) is 0 Å². The summed E-state index contributed by atoms with van der Waals surface area (Å²) in [6.07, 6.45) is 4.84. The number of rotatable bonds is 3. The summed E-state index contributed by atoms with van der Waals surface area (Å²) in [6.45, 7) is 4.20. The highest BCUT2D eigenvalue weighted by Gasteiger charge is 2.17. The summed E-state index contributed by atoms with van der Waals surface area (Å²) in [5, 5.41) is 8.96. The number of carbonyl (C=O) groups is 1. The molecular formula is C14H20N2O2. The van der Waals surface area contributed by atoms with Crippen LogP contribution in [-0.2, 0) is 0 Å². The summed E-state index contributed by atoms with van der Waals surface area (Å²) < 4.78 is 0. The van der Waals surface area contributed by atoms with Gasteiger partial charge in [0, 0.05) is 13.1 Å². The molecule has 4 heteroatoms. The van der Waals surface area contributed by atoms with Gasteiger partial charge in [0.1, 0.15) is 5.82 Å². The fraction of sp³-hybridized carbons (Fsp3) is 0.571. The summed E-state index contributed by atoms with van der Waals surface area (Å²) in [5.74, 6) is 0.641. The van der Waals surface area contributed by atoms with Gasteiger partial charge in [0.15, 0.2) is 5.69 Å². The van der Waals surface area contributed by atoms with E-state index in [2.05, 4.69) is 16.8 Å². The van der Waals surface area contributed by atoms with Gasteiger partial charge < -0.3 is 10.0 Å². The molecule has 0 bridgehead atoms. The van der Waals surface area contributed by atoms with Gasteiger partial charge in [-0.05, 0) is 37.3 Å². The summed E-state index contributed by atoms with van der Waals surface area (Å²) in [5.41, 5.74) is 0.129. The lowest BCUT2D eigenvalue weighted by Gasteiger charge is -2.21. The molecular weight excluding hydrogens is 228 g/mol. The molecule has 4 nitrogen and oxygen atoms in total. The van der Waals surface area contributed by atoms with Crippen molar-refractivity contribution in [3.05, 3.63) is 23.9 Å². The summed E-state index contributed by atoms with van der Waals surface area (Å²) in [7, 11) is 0. The lowest BCUT2D eigenvalue weighted by molar-refractivity contribution is 0.0690. The molecule has 2 rings (SSSR count). The number of aromatic carboxylic acids is 1. The van der Waals surface area contributed by atoms with Gasteiger partial charge in [-0.2, -0.15) is 0 Å². The maximum atomic E-state index is 10.9. The Labute approximate surface area is 108 Å². The van der Waals surface area contributed by atoms with E-state index < -0.39 is 5.97 Å². The van der Waals surface area contributed by atoms with E-state index in [4.69, 9.17) is 5.11 Å². The molecule has 1 aliphatic rings. The minimum Gasteiger partial charge on any atom is -0.477 e. The van der Waals surface area contributed by atoms with Gasteiger partial charge in [-0.15, -0.1) is 0 Å². The molecule has 1 aliphatic heterocycles. The first-order valence-electron chi connectivity index (χ1n) is 6.66. The normalized spacial score (nSPS) is 20.5. The van der Waals surface area contributed by atoms with Crippen molar-refractivity contribution in [1.29, 1.82) is 0 Å². The van der Waals surface area contributed by atoms with Gasteiger partial charge in [-0.3, -0.25) is 0 Å². The van der Waals surface area contributed by atoms with E-state index in [1.165, 1.54) is 19.3 Å². The highest BCUT2D eigenvalue weighted by Crippen LogP contribution is 2.23. The minimum absolute atomic E-state index is 0.129. The van der Waals surface area contributed by atoms with E-state index in [-0.39, 0.29) is 5.69 Å². The number of anilines is 1. The van der Waals surface area contributed by atoms with E-state index in [0.717, 1.165) is 31.2 Å². The number of hydrogen-bond donors (Lipinski definition) is 1. The second kappa shape index (κ2) is 5.85. The molecule has 98 valence electrons. The van der Waals surface area contributed by atoms with Crippen molar-refractivity contribution in [1.82, 2.24) is 4.98 Å². The molecule has 18 heavy (non-hydrogen) atoms. The number of hydrogen-bond acceptors (Lipinski definition) is 3. The molecule has 1 saturated heterocycles. The van der Waals surface area contributed by atoms with Gasteiger partial charge >= 0.3 is 5.97 Å². The van der Waals surface area contributed by atoms with E-state index in [1.807, 2.05) is 6.07 Å². The van der Waals surface area contributed by atoms with Gasteiger partial charge in [0.2, 0.25) is 0 Å². The van der Waals surface area contributed by atoms with Crippen molar-refractivity contribution in [2.75, 3.05) is 18.0 Å². The van der Waals surface area contributed by atoms with Gasteiger partial charge in [-0.1, -0.05) is 19.4 Å². The van der Waals surface area contributed by atoms with E-state index in [0.29, 0.717) is 0 Å². The molecule has 0 aromatic carbocycles. The van der Waals surface area contributed by atoms with Gasteiger partial charge in [0.05, 0.1) is 0 Å². The highest BCUT2D eigenvalue weighted by molar-refractivity contribution is 5.85. The Morgan fingerprint density at radius 2 is 2.28 bits per heavy atom. The number of carboxylic acid groups (broad SMARTS) is 1. The summed E-state index contributed by atoms with van der Waals surface area (Å²) >= 11 is 0. The van der Waals surface area contributed by atoms with Crippen molar-refractivity contribution < 1.29 is 9.90 Å². The van der Waals surface area contributed by atoms with E-state index in [9.17, 15) is 4.79 Å². The zero-order valence-electron chi connectivity index (χ0n) is 10.8. The third-order valence-corrected chi connectivity index (χ3v) is 3.70. The van der Waals surface area contributed by atoms with Crippen LogP contribution >= 0.6 is 0 Å². The molecule has 0 spiro atoms. The SMILES string of the molecule is CCC1CCCN(c2cccc(C(=O)O)n2)CC1. The smallest absolute Gasteiger partial charge is 0.354 e. The molecule has 2 heterocycles. The standard InChI is InChI=1S/C14H20N2O2/c1-2-11-5-4-9-16(10-8-11)13-7-3-6-12(15-13)14(17)18/h3,6-7,11H,2,4-5,8-10H2,1H3,(H,17,18). The zero-order chi connectivity index (χ0) is 13.0. The van der Waals surface area contributed by atoms with Crippen LogP contribution in [0.3, 0.4) is 0 Å². The Morgan fingerprint density at radius 1 is 1.44 bits per heavy atom. The largest absolute Gasteiger partial charge is 0.477 e. The van der Waals surface area contributed by atoms with Gasteiger partial charge in [-0.25, -0.2) is 9.78 Å². The molecule has 0 aliphatic carbocycles. The quantitative estimate of drug-likeness (QED) is 0.893. The summed E-state index contributed by atoms with van der Waals surface area (Å²) in [4.78, 5) is 17.3. The van der Waals surface area contributed by atoms with Crippen LogP contribution in [0.4, 0.5) is 5.82 Å². The maximum absolute atomic E-state index is 10.9. The maximum Gasteiger partial charge on any atom is 0.354 e. The fourth-order valence-electron chi connectivity index (χ4n) is 2.52. The first kappa shape index (κ1) is 12.9. The molecule has 1 N–H and O–H groups in total. The minimum atomic E-state index is -0.960. The molecule has 0 saturated carbocycles. The van der Waals surface area contributed by atoms with Crippen molar-refractivity contribution in [3.8, 4) is 0 Å². The predicted molar refractivity (Wildman–Crippen MR) is 71.0 cm³/mol. The van der Waals surface area contributed by atoms with Crippen LogP contribution in [0.1, 0.15) is 43.1 Å². The van der Waals surface area contributed by atoms with Crippen LogP contribution in [0.15, 0.2) is 18.2 Å². The molecule has 1 unspecified atom stereocenters. The Morgan fingerprint density at radius 3 is 3.00 bits per heavy atom. The number of pyridine rings is 1. The Hall–Kier alpha value is -1.58. The lowest BCUT2D eigenvalue weighted by atomic mass is 9.98. The lowest BCUT2D eigenvalue weighted by Crippen LogP contribution is -2.25. The third-order valence-electron chi connectivity index (χ3n) is 3.70. The number of aromatic nitrogens is 1. The highest BCUT2D eigenvalue weighted by atomic mass is 16.4. The molecule has 1 aromatic heterocycles. The van der Waals surface area contributed by atoms with E-state index in [1.54, 1.807) is 12.1 Å². The Balaban J connectivity index is 2.11. The first-order chi connectivity index (χ1) is 8.70. The van der Waals surface area contributed by atoms with Crippen LogP contribution in [0.25, 0.3) is 0 Å². The second-order valence-electron chi connectivity index (χ2n) is 4.88. The molecule has 0 radical (unpaired) electrons. The molecule has 1 fully saturated rings. The molecule has 1 aromatic rings.